The van der Waals surface area contributed by atoms with Gasteiger partial charge in [-0.2, -0.15) is 0 Å². The Labute approximate surface area is 85.5 Å². The van der Waals surface area contributed by atoms with E-state index >= 15 is 0 Å². The Hall–Kier alpha value is -1.82. The zero-order chi connectivity index (χ0) is 11.4. The highest BCUT2D eigenvalue weighted by Crippen LogP contribution is 2.08. The van der Waals surface area contributed by atoms with Gasteiger partial charge in [0.2, 0.25) is 0 Å². The summed E-state index contributed by atoms with van der Waals surface area (Å²) in [5, 5.41) is 19.4. The number of hydrogen-bond donors (Lipinski definition) is 3. The molecule has 0 unspecified atom stereocenters. The Balaban J connectivity index is 2.71. The van der Waals surface area contributed by atoms with Crippen molar-refractivity contribution in [3.05, 3.63) is 23.7 Å². The summed E-state index contributed by atoms with van der Waals surface area (Å²) in [7, 11) is 0. The maximum Gasteiger partial charge on any atom is 0.328 e. The van der Waals surface area contributed by atoms with Gasteiger partial charge in [0.25, 0.3) is 5.91 Å². The molecule has 0 aliphatic rings. The molecule has 0 radical (unpaired) electrons. The Morgan fingerprint density at radius 1 is 1.60 bits per heavy atom. The number of carboxylic acids is 1. The fraction of sp³-hybridized carbons (Fsp3) is 0.333. The predicted octanol–water partition coefficient (Wildman–Crippen LogP) is -0.237. The first-order valence-corrected chi connectivity index (χ1v) is 4.25. The van der Waals surface area contributed by atoms with E-state index in [4.69, 9.17) is 14.6 Å². The number of amides is 1. The first-order valence-electron chi connectivity index (χ1n) is 4.25. The van der Waals surface area contributed by atoms with E-state index in [2.05, 4.69) is 5.32 Å². The van der Waals surface area contributed by atoms with Gasteiger partial charge in [0.1, 0.15) is 5.76 Å². The third kappa shape index (κ3) is 2.57. The molecule has 1 amide bonds. The molecule has 1 atom stereocenters. The van der Waals surface area contributed by atoms with Gasteiger partial charge in [0.05, 0.1) is 18.4 Å². The van der Waals surface area contributed by atoms with Gasteiger partial charge in [-0.25, -0.2) is 4.79 Å². The summed E-state index contributed by atoms with van der Waals surface area (Å²) in [5.74, 6) is -1.47. The first-order chi connectivity index (χ1) is 7.06. The molecule has 0 saturated heterocycles. The van der Waals surface area contributed by atoms with E-state index < -0.39 is 24.5 Å². The highest BCUT2D eigenvalue weighted by molar-refractivity contribution is 5.97. The van der Waals surface area contributed by atoms with Crippen LogP contribution in [0.2, 0.25) is 0 Å². The maximum absolute atomic E-state index is 11.5. The van der Waals surface area contributed by atoms with Crippen molar-refractivity contribution in [2.24, 2.45) is 0 Å². The van der Waals surface area contributed by atoms with Crippen molar-refractivity contribution in [1.82, 2.24) is 5.32 Å². The van der Waals surface area contributed by atoms with Crippen LogP contribution in [0.25, 0.3) is 0 Å². The number of rotatable bonds is 4. The van der Waals surface area contributed by atoms with Crippen LogP contribution in [0, 0.1) is 6.92 Å². The Morgan fingerprint density at radius 2 is 2.27 bits per heavy atom. The number of aliphatic hydroxyl groups excluding tert-OH is 1. The van der Waals surface area contributed by atoms with Crippen molar-refractivity contribution in [1.29, 1.82) is 0 Å². The van der Waals surface area contributed by atoms with E-state index in [9.17, 15) is 9.59 Å². The van der Waals surface area contributed by atoms with Crippen LogP contribution >= 0.6 is 0 Å². The molecule has 6 heteroatoms. The van der Waals surface area contributed by atoms with Crippen LogP contribution in [-0.2, 0) is 4.79 Å². The predicted molar refractivity (Wildman–Crippen MR) is 49.4 cm³/mol. The van der Waals surface area contributed by atoms with Gasteiger partial charge in [0.15, 0.2) is 6.04 Å². The van der Waals surface area contributed by atoms with Crippen LogP contribution in [-0.4, -0.2) is 34.7 Å². The molecule has 15 heavy (non-hydrogen) atoms. The lowest BCUT2D eigenvalue weighted by Crippen LogP contribution is -2.43. The molecule has 0 saturated carbocycles. The van der Waals surface area contributed by atoms with Crippen molar-refractivity contribution in [3.63, 3.8) is 0 Å². The molecule has 0 aromatic carbocycles. The Kier molecular flexibility index (Phi) is 3.46. The molecular weight excluding hydrogens is 202 g/mol. The maximum atomic E-state index is 11.5. The number of hydrogen-bond acceptors (Lipinski definition) is 4. The first kappa shape index (κ1) is 11.3. The van der Waals surface area contributed by atoms with Gasteiger partial charge in [-0.3, -0.25) is 4.79 Å². The van der Waals surface area contributed by atoms with Gasteiger partial charge in [-0.1, -0.05) is 0 Å². The monoisotopic (exact) mass is 213 g/mol. The van der Waals surface area contributed by atoms with Crippen LogP contribution in [0.3, 0.4) is 0 Å². The van der Waals surface area contributed by atoms with E-state index in [1.165, 1.54) is 12.3 Å². The van der Waals surface area contributed by atoms with Crippen molar-refractivity contribution in [3.8, 4) is 0 Å². The summed E-state index contributed by atoms with van der Waals surface area (Å²) in [6, 6.07) is 0.132. The molecular formula is C9H11NO5. The molecule has 1 rings (SSSR count). The number of aliphatic hydroxyl groups is 1. The van der Waals surface area contributed by atoms with E-state index in [1.807, 2.05) is 0 Å². The average molecular weight is 213 g/mol. The number of aliphatic carboxylic acids is 1. The van der Waals surface area contributed by atoms with Crippen LogP contribution in [0.4, 0.5) is 0 Å². The lowest BCUT2D eigenvalue weighted by atomic mass is 10.2. The minimum atomic E-state index is -1.30. The Bertz CT molecular complexity index is 370. The zero-order valence-corrected chi connectivity index (χ0v) is 8.06. The smallest absolute Gasteiger partial charge is 0.328 e. The third-order valence-corrected chi connectivity index (χ3v) is 1.89. The van der Waals surface area contributed by atoms with E-state index in [-0.39, 0.29) is 5.56 Å². The number of aryl methyl sites for hydroxylation is 1. The van der Waals surface area contributed by atoms with E-state index in [1.54, 1.807) is 6.92 Å². The summed E-state index contributed by atoms with van der Waals surface area (Å²) in [6.45, 7) is 0.932. The normalized spacial score (nSPS) is 12.1. The summed E-state index contributed by atoms with van der Waals surface area (Å²) in [6.07, 6.45) is 1.33. The highest BCUT2D eigenvalue weighted by atomic mass is 16.4. The molecule has 82 valence electrons. The minimum absolute atomic E-state index is 0.259. The number of carbonyl (C=O) groups excluding carboxylic acids is 1. The van der Waals surface area contributed by atoms with Crippen molar-refractivity contribution in [2.45, 2.75) is 13.0 Å². The largest absolute Gasteiger partial charge is 0.480 e. The fourth-order valence-corrected chi connectivity index (χ4v) is 1.04. The summed E-state index contributed by atoms with van der Waals surface area (Å²) in [4.78, 5) is 22.0. The van der Waals surface area contributed by atoms with Crippen molar-refractivity contribution in [2.75, 3.05) is 6.61 Å². The van der Waals surface area contributed by atoms with Crippen LogP contribution in [0.5, 0.6) is 0 Å². The molecule has 0 aliphatic carbocycles. The molecule has 0 bridgehead atoms. The summed E-state index contributed by atoms with van der Waals surface area (Å²) >= 11 is 0. The molecule has 6 nitrogen and oxygen atoms in total. The lowest BCUT2D eigenvalue weighted by Gasteiger charge is -2.10. The van der Waals surface area contributed by atoms with Crippen LogP contribution < -0.4 is 5.32 Å². The lowest BCUT2D eigenvalue weighted by molar-refractivity contribution is -0.140. The zero-order valence-electron chi connectivity index (χ0n) is 8.06. The SMILES string of the molecule is Cc1occc1C(=O)N[C@H](CO)C(=O)O. The second-order valence-electron chi connectivity index (χ2n) is 2.94. The number of furan rings is 1. The van der Waals surface area contributed by atoms with Gasteiger partial charge >= 0.3 is 5.97 Å². The molecule has 0 spiro atoms. The molecule has 1 aromatic heterocycles. The number of carbonyl (C=O) groups is 2. The second-order valence-corrected chi connectivity index (χ2v) is 2.94. The minimum Gasteiger partial charge on any atom is -0.480 e. The van der Waals surface area contributed by atoms with Crippen LogP contribution in [0.15, 0.2) is 16.7 Å². The van der Waals surface area contributed by atoms with Gasteiger partial charge in [0, 0.05) is 0 Å². The standard InChI is InChI=1S/C9H11NO5/c1-5-6(2-3-15-5)8(12)10-7(4-11)9(13)14/h2-3,7,11H,4H2,1H3,(H,10,12)(H,13,14)/t7-/m1/s1. The van der Waals surface area contributed by atoms with Gasteiger partial charge in [-0.05, 0) is 13.0 Å². The van der Waals surface area contributed by atoms with Gasteiger partial charge in [-0.15, -0.1) is 0 Å². The van der Waals surface area contributed by atoms with E-state index in [0.717, 1.165) is 0 Å². The molecule has 0 fully saturated rings. The highest BCUT2D eigenvalue weighted by Gasteiger charge is 2.21. The second kappa shape index (κ2) is 4.61. The molecule has 1 aromatic rings. The quantitative estimate of drug-likeness (QED) is 0.641. The third-order valence-electron chi connectivity index (χ3n) is 1.89. The average Bonchev–Trinajstić information content (AvgIpc) is 2.60. The fourth-order valence-electron chi connectivity index (χ4n) is 1.04. The Morgan fingerprint density at radius 3 is 2.67 bits per heavy atom. The molecule has 1 heterocycles. The number of carboxylic acid groups (broad SMARTS) is 1. The van der Waals surface area contributed by atoms with Gasteiger partial charge < -0.3 is 19.9 Å². The van der Waals surface area contributed by atoms with E-state index in [0.29, 0.717) is 5.76 Å². The summed E-state index contributed by atoms with van der Waals surface area (Å²) < 4.78 is 4.89. The van der Waals surface area contributed by atoms with Crippen molar-refractivity contribution >= 4 is 11.9 Å². The molecule has 3 N–H and O–H groups in total. The van der Waals surface area contributed by atoms with Crippen LogP contribution in [0.1, 0.15) is 16.1 Å². The topological polar surface area (TPSA) is 99.8 Å². The summed E-state index contributed by atoms with van der Waals surface area (Å²) in [5.41, 5.74) is 0.259. The number of nitrogens with one attached hydrogen (secondary N) is 1. The molecule has 0 aliphatic heterocycles. The van der Waals surface area contributed by atoms with Crippen molar-refractivity contribution < 1.29 is 24.2 Å².